The Morgan fingerprint density at radius 1 is 1.48 bits per heavy atom. The molecule has 1 aromatic heterocycles. The topological polar surface area (TPSA) is 119 Å². The summed E-state index contributed by atoms with van der Waals surface area (Å²) in [6.07, 6.45) is 0.334. The Morgan fingerprint density at radius 2 is 2.22 bits per heavy atom. The minimum Gasteiger partial charge on any atom is -0.535 e. The molecule has 0 amide bonds. The van der Waals surface area contributed by atoms with Gasteiger partial charge < -0.3 is 20.5 Å². The second-order valence-electron chi connectivity index (χ2n) is 4.35. The third kappa shape index (κ3) is 3.95. The van der Waals surface area contributed by atoms with Crippen LogP contribution in [0.5, 0.6) is 5.75 Å². The van der Waals surface area contributed by atoms with Crippen molar-refractivity contribution >= 4 is 41.3 Å². The number of nitrogens with zero attached hydrogens (tertiary/aromatic N) is 2. The van der Waals surface area contributed by atoms with Crippen LogP contribution in [0.15, 0.2) is 22.5 Å². The van der Waals surface area contributed by atoms with Crippen LogP contribution in [0.25, 0.3) is 0 Å². The number of hydrogen-bond acceptors (Lipinski definition) is 8. The van der Waals surface area contributed by atoms with Gasteiger partial charge in [-0.15, -0.1) is 10.2 Å². The molecule has 0 saturated heterocycles. The summed E-state index contributed by atoms with van der Waals surface area (Å²) in [7, 11) is -1.05. The van der Waals surface area contributed by atoms with Crippen LogP contribution < -0.4 is 10.4 Å². The lowest BCUT2D eigenvalue weighted by molar-refractivity contribution is 0.0694. The number of carbonyl (C=O) groups is 1. The van der Waals surface area contributed by atoms with Gasteiger partial charge in [0.05, 0.1) is 5.56 Å². The Morgan fingerprint density at radius 3 is 2.83 bits per heavy atom. The van der Waals surface area contributed by atoms with Gasteiger partial charge in [0.25, 0.3) is 0 Å². The Kier molecular flexibility index (Phi) is 5.86. The van der Waals surface area contributed by atoms with E-state index in [1.807, 2.05) is 13.8 Å². The molecule has 0 saturated carbocycles. The van der Waals surface area contributed by atoms with E-state index in [0.717, 1.165) is 5.56 Å². The van der Waals surface area contributed by atoms with Gasteiger partial charge in [0, 0.05) is 17.1 Å². The van der Waals surface area contributed by atoms with Gasteiger partial charge in [-0.2, -0.15) is 0 Å². The molecule has 0 fully saturated rings. The number of nitrogens with two attached hydrogens (primary N) is 1. The van der Waals surface area contributed by atoms with E-state index >= 15 is 0 Å². The zero-order chi connectivity index (χ0) is 17.0. The first kappa shape index (κ1) is 17.6. The molecule has 1 aromatic carbocycles. The zero-order valence-electron chi connectivity index (χ0n) is 12.6. The SMILES string of the molecule is CC.Nc1nnc(SC2CB(O)Oc3c(C(=O)O)cccc32)s1. The molecule has 122 valence electrons. The number of rotatable bonds is 3. The fourth-order valence-electron chi connectivity index (χ4n) is 2.10. The number of para-hydroxylation sites is 1. The van der Waals surface area contributed by atoms with Crippen molar-refractivity contribution in [3.63, 3.8) is 0 Å². The van der Waals surface area contributed by atoms with Crippen LogP contribution in [-0.4, -0.2) is 33.4 Å². The monoisotopic (exact) mass is 353 g/mol. The Balaban J connectivity index is 0.000000924. The smallest absolute Gasteiger partial charge is 0.524 e. The Bertz CT molecular complexity index is 698. The summed E-state index contributed by atoms with van der Waals surface area (Å²) in [5.41, 5.74) is 6.31. The van der Waals surface area contributed by atoms with E-state index in [9.17, 15) is 14.9 Å². The van der Waals surface area contributed by atoms with Crippen molar-refractivity contribution in [1.29, 1.82) is 0 Å². The third-order valence-corrected chi connectivity index (χ3v) is 5.06. The predicted molar refractivity (Wildman–Crippen MR) is 91.1 cm³/mol. The molecule has 7 nitrogen and oxygen atoms in total. The number of carboxylic acids is 1. The maximum atomic E-state index is 11.2. The van der Waals surface area contributed by atoms with E-state index in [-0.39, 0.29) is 16.6 Å². The fraction of sp³-hybridized carbons (Fsp3) is 0.308. The van der Waals surface area contributed by atoms with E-state index in [1.165, 1.54) is 29.2 Å². The minimum atomic E-state index is -1.09. The van der Waals surface area contributed by atoms with Crippen molar-refractivity contribution < 1.29 is 19.6 Å². The lowest BCUT2D eigenvalue weighted by Gasteiger charge is -2.27. The molecule has 10 heteroatoms. The van der Waals surface area contributed by atoms with Gasteiger partial charge in [0.1, 0.15) is 5.75 Å². The molecule has 1 unspecified atom stereocenters. The van der Waals surface area contributed by atoms with Gasteiger partial charge in [-0.1, -0.05) is 49.1 Å². The second-order valence-corrected chi connectivity index (χ2v) is 6.81. The summed E-state index contributed by atoms with van der Waals surface area (Å²) in [6, 6.07) is 4.89. The van der Waals surface area contributed by atoms with Crippen molar-refractivity contribution in [1.82, 2.24) is 10.2 Å². The van der Waals surface area contributed by atoms with Crippen LogP contribution in [0.3, 0.4) is 0 Å². The summed E-state index contributed by atoms with van der Waals surface area (Å²) in [4.78, 5) is 11.2. The van der Waals surface area contributed by atoms with E-state index < -0.39 is 13.1 Å². The number of thioether (sulfide) groups is 1. The van der Waals surface area contributed by atoms with Crippen molar-refractivity contribution in [3.8, 4) is 5.75 Å². The molecule has 3 rings (SSSR count). The van der Waals surface area contributed by atoms with Crippen LogP contribution in [0.2, 0.25) is 6.32 Å². The maximum Gasteiger partial charge on any atom is 0.524 e. The molecule has 0 radical (unpaired) electrons. The van der Waals surface area contributed by atoms with Crippen molar-refractivity contribution in [2.75, 3.05) is 5.73 Å². The van der Waals surface area contributed by atoms with Gasteiger partial charge in [0.15, 0.2) is 4.34 Å². The molecule has 2 heterocycles. The molecule has 1 aliphatic rings. The predicted octanol–water partition coefficient (Wildman–Crippen LogP) is 2.55. The molecule has 0 spiro atoms. The Labute approximate surface area is 142 Å². The average Bonchev–Trinajstić information content (AvgIpc) is 2.93. The fourth-order valence-corrected chi connectivity index (χ4v) is 4.15. The highest BCUT2D eigenvalue weighted by molar-refractivity contribution is 8.01. The van der Waals surface area contributed by atoms with E-state index in [4.69, 9.17) is 10.4 Å². The highest BCUT2D eigenvalue weighted by atomic mass is 32.2. The number of aromatic nitrogens is 2. The number of anilines is 1. The van der Waals surface area contributed by atoms with Gasteiger partial charge in [-0.25, -0.2) is 4.79 Å². The van der Waals surface area contributed by atoms with Gasteiger partial charge in [-0.05, 0) is 6.07 Å². The lowest BCUT2D eigenvalue weighted by Crippen LogP contribution is -2.29. The molecule has 4 N–H and O–H groups in total. The van der Waals surface area contributed by atoms with Crippen LogP contribution in [0.4, 0.5) is 5.13 Å². The van der Waals surface area contributed by atoms with Crippen molar-refractivity contribution in [3.05, 3.63) is 29.3 Å². The standard InChI is InChI=1S/C11H10BN3O4S2.C2H6/c13-10-14-15-11(21-10)20-7-4-12(18)19-8-5(7)2-1-3-6(8)9(16)17;1-2/h1-3,7,18H,4H2,(H2,13,14)(H,16,17);1-2H3. The molecule has 0 bridgehead atoms. The third-order valence-electron chi connectivity index (χ3n) is 2.96. The number of fused-ring (bicyclic) bond motifs is 1. The molecule has 2 aromatic rings. The quantitative estimate of drug-likeness (QED) is 0.721. The molecule has 23 heavy (non-hydrogen) atoms. The summed E-state index contributed by atoms with van der Waals surface area (Å²) >= 11 is 2.63. The summed E-state index contributed by atoms with van der Waals surface area (Å²) in [6.45, 7) is 4.00. The highest BCUT2D eigenvalue weighted by Gasteiger charge is 2.35. The summed E-state index contributed by atoms with van der Waals surface area (Å²) in [5.74, 6) is -0.886. The van der Waals surface area contributed by atoms with Crippen molar-refractivity contribution in [2.24, 2.45) is 0 Å². The van der Waals surface area contributed by atoms with Crippen LogP contribution >= 0.6 is 23.1 Å². The first-order chi connectivity index (χ1) is 11.0. The largest absolute Gasteiger partial charge is 0.535 e. The van der Waals surface area contributed by atoms with E-state index in [1.54, 1.807) is 12.1 Å². The number of benzene rings is 1. The number of hydrogen-bond donors (Lipinski definition) is 3. The van der Waals surface area contributed by atoms with E-state index in [2.05, 4.69) is 10.2 Å². The van der Waals surface area contributed by atoms with Crippen LogP contribution in [0.1, 0.15) is 35.0 Å². The summed E-state index contributed by atoms with van der Waals surface area (Å²) in [5, 5.41) is 26.9. The van der Waals surface area contributed by atoms with Crippen molar-refractivity contribution in [2.45, 2.75) is 29.8 Å². The minimum absolute atomic E-state index is 0.0358. The molecular formula is C13H16BN3O4S2. The number of nitrogen functional groups attached to an aromatic ring is 1. The normalized spacial score (nSPS) is 16.0. The number of carboxylic acid groups (broad SMARTS) is 1. The first-order valence-corrected chi connectivity index (χ1v) is 8.71. The maximum absolute atomic E-state index is 11.2. The van der Waals surface area contributed by atoms with Crippen LogP contribution in [-0.2, 0) is 0 Å². The molecule has 0 aliphatic carbocycles. The molecular weight excluding hydrogens is 337 g/mol. The molecule has 1 aliphatic heterocycles. The Hall–Kier alpha value is -1.78. The lowest BCUT2D eigenvalue weighted by atomic mass is 9.78. The second kappa shape index (κ2) is 7.67. The zero-order valence-corrected chi connectivity index (χ0v) is 14.2. The van der Waals surface area contributed by atoms with Crippen LogP contribution in [0, 0.1) is 0 Å². The number of aromatic carboxylic acids is 1. The first-order valence-electron chi connectivity index (χ1n) is 7.01. The summed E-state index contributed by atoms with van der Waals surface area (Å²) < 4.78 is 5.97. The average molecular weight is 353 g/mol. The van der Waals surface area contributed by atoms with Gasteiger partial charge >= 0.3 is 13.1 Å². The van der Waals surface area contributed by atoms with Gasteiger partial charge in [0.2, 0.25) is 5.13 Å². The highest BCUT2D eigenvalue weighted by Crippen LogP contribution is 2.47. The van der Waals surface area contributed by atoms with E-state index in [0.29, 0.717) is 15.8 Å². The molecule has 1 atom stereocenters. The van der Waals surface area contributed by atoms with Gasteiger partial charge in [-0.3, -0.25) is 0 Å².